The van der Waals surface area contributed by atoms with Gasteiger partial charge in [0.05, 0.1) is 11.9 Å². The molecular formula is C21H21N3O. The second-order valence-corrected chi connectivity index (χ2v) is 6.24. The first-order valence-electron chi connectivity index (χ1n) is 8.11. The Morgan fingerprint density at radius 2 is 1.88 bits per heavy atom. The molecular weight excluding hydrogens is 310 g/mol. The van der Waals surface area contributed by atoms with E-state index in [0.29, 0.717) is 5.69 Å². The third-order valence-electron chi connectivity index (χ3n) is 4.00. The highest BCUT2D eigenvalue weighted by molar-refractivity contribution is 6.00. The normalized spacial score (nSPS) is 11.2. The number of aromatic nitrogens is 2. The van der Waals surface area contributed by atoms with E-state index in [0.717, 1.165) is 16.6 Å². The SMILES string of the molecule is C=CC(=O)Nc1cnc2c(c1)c(/C=C/c1cc(C)cc(C)c1)cn2C. The second kappa shape index (κ2) is 6.77. The number of hydrogen-bond acceptors (Lipinski definition) is 2. The van der Waals surface area contributed by atoms with E-state index in [1.54, 1.807) is 6.20 Å². The summed E-state index contributed by atoms with van der Waals surface area (Å²) < 4.78 is 1.98. The molecule has 0 unspecified atom stereocenters. The van der Waals surface area contributed by atoms with E-state index in [2.05, 4.69) is 61.1 Å². The Balaban J connectivity index is 2.00. The minimum atomic E-state index is -0.246. The van der Waals surface area contributed by atoms with Crippen LogP contribution in [0.4, 0.5) is 5.69 Å². The maximum Gasteiger partial charge on any atom is 0.247 e. The van der Waals surface area contributed by atoms with Gasteiger partial charge in [0.15, 0.2) is 0 Å². The average Bonchev–Trinajstić information content (AvgIpc) is 2.87. The van der Waals surface area contributed by atoms with Crippen LogP contribution < -0.4 is 5.32 Å². The van der Waals surface area contributed by atoms with Crippen molar-refractivity contribution in [2.24, 2.45) is 7.05 Å². The van der Waals surface area contributed by atoms with Crippen LogP contribution in [0.1, 0.15) is 22.3 Å². The summed E-state index contributed by atoms with van der Waals surface area (Å²) in [5.74, 6) is -0.246. The summed E-state index contributed by atoms with van der Waals surface area (Å²) in [4.78, 5) is 16.0. The summed E-state index contributed by atoms with van der Waals surface area (Å²) in [6.07, 6.45) is 9.12. The first-order valence-corrected chi connectivity index (χ1v) is 8.11. The van der Waals surface area contributed by atoms with Gasteiger partial charge in [-0.3, -0.25) is 4.79 Å². The van der Waals surface area contributed by atoms with Crippen molar-refractivity contribution in [2.45, 2.75) is 13.8 Å². The summed E-state index contributed by atoms with van der Waals surface area (Å²) in [5, 5.41) is 3.75. The quantitative estimate of drug-likeness (QED) is 0.716. The van der Waals surface area contributed by atoms with Crippen LogP contribution in [0.5, 0.6) is 0 Å². The number of nitrogens with zero attached hydrogens (tertiary/aromatic N) is 2. The number of aryl methyl sites for hydroxylation is 3. The predicted molar refractivity (Wildman–Crippen MR) is 104 cm³/mol. The maximum atomic E-state index is 11.5. The van der Waals surface area contributed by atoms with Gasteiger partial charge in [-0.15, -0.1) is 0 Å². The van der Waals surface area contributed by atoms with Crippen molar-refractivity contribution in [1.29, 1.82) is 0 Å². The molecule has 126 valence electrons. The van der Waals surface area contributed by atoms with E-state index >= 15 is 0 Å². The number of benzene rings is 1. The van der Waals surface area contributed by atoms with Crippen LogP contribution in [-0.4, -0.2) is 15.5 Å². The van der Waals surface area contributed by atoms with Gasteiger partial charge in [0.1, 0.15) is 5.65 Å². The predicted octanol–water partition coefficient (Wildman–Crippen LogP) is 4.49. The Hall–Kier alpha value is -3.14. The van der Waals surface area contributed by atoms with Crippen molar-refractivity contribution in [3.63, 3.8) is 0 Å². The van der Waals surface area contributed by atoms with Gasteiger partial charge >= 0.3 is 0 Å². The summed E-state index contributed by atoms with van der Waals surface area (Å²) in [6, 6.07) is 8.41. The van der Waals surface area contributed by atoms with Crippen molar-refractivity contribution in [3.05, 3.63) is 71.6 Å². The van der Waals surface area contributed by atoms with E-state index < -0.39 is 0 Å². The fourth-order valence-electron chi connectivity index (χ4n) is 2.98. The zero-order valence-electron chi connectivity index (χ0n) is 14.7. The van der Waals surface area contributed by atoms with Crippen LogP contribution >= 0.6 is 0 Å². The van der Waals surface area contributed by atoms with Gasteiger partial charge in [-0.25, -0.2) is 4.98 Å². The third kappa shape index (κ3) is 3.69. The first-order chi connectivity index (χ1) is 12.0. The van der Waals surface area contributed by atoms with E-state index in [1.807, 2.05) is 23.9 Å². The van der Waals surface area contributed by atoms with Crippen molar-refractivity contribution in [3.8, 4) is 0 Å². The minimum absolute atomic E-state index is 0.246. The van der Waals surface area contributed by atoms with Crippen LogP contribution in [-0.2, 0) is 11.8 Å². The van der Waals surface area contributed by atoms with Gasteiger partial charge in [-0.05, 0) is 31.6 Å². The summed E-state index contributed by atoms with van der Waals surface area (Å²) in [5.41, 5.74) is 6.24. The van der Waals surface area contributed by atoms with Crippen molar-refractivity contribution in [2.75, 3.05) is 5.32 Å². The lowest BCUT2D eigenvalue weighted by atomic mass is 10.1. The molecule has 3 rings (SSSR count). The van der Waals surface area contributed by atoms with Gasteiger partial charge in [-0.2, -0.15) is 0 Å². The van der Waals surface area contributed by atoms with Crippen molar-refractivity contribution in [1.82, 2.24) is 9.55 Å². The third-order valence-corrected chi connectivity index (χ3v) is 4.00. The fraction of sp³-hybridized carbons (Fsp3) is 0.143. The lowest BCUT2D eigenvalue weighted by molar-refractivity contribution is -0.111. The van der Waals surface area contributed by atoms with Gasteiger partial charge in [0.2, 0.25) is 5.91 Å². The average molecular weight is 331 g/mol. The number of fused-ring (bicyclic) bond motifs is 1. The lowest BCUT2D eigenvalue weighted by Crippen LogP contribution is -2.07. The molecule has 4 heteroatoms. The number of hydrogen-bond donors (Lipinski definition) is 1. The van der Waals surface area contributed by atoms with Gasteiger partial charge < -0.3 is 9.88 Å². The molecule has 0 aliphatic rings. The number of amides is 1. The highest BCUT2D eigenvalue weighted by atomic mass is 16.1. The smallest absolute Gasteiger partial charge is 0.247 e. The Kier molecular flexibility index (Phi) is 4.52. The van der Waals surface area contributed by atoms with Gasteiger partial charge in [0.25, 0.3) is 0 Å². The Labute approximate surface area is 147 Å². The maximum absolute atomic E-state index is 11.5. The number of nitrogens with one attached hydrogen (secondary N) is 1. The number of carbonyl (C=O) groups excluding carboxylic acids is 1. The molecule has 1 amide bonds. The molecule has 0 aliphatic carbocycles. The monoisotopic (exact) mass is 331 g/mol. The van der Waals surface area contributed by atoms with Crippen LogP contribution in [0.25, 0.3) is 23.2 Å². The molecule has 2 aromatic heterocycles. The molecule has 0 bridgehead atoms. The molecule has 0 saturated heterocycles. The van der Waals surface area contributed by atoms with Gasteiger partial charge in [-0.1, -0.05) is 48.1 Å². The Morgan fingerprint density at radius 3 is 2.56 bits per heavy atom. The van der Waals surface area contributed by atoms with Crippen LogP contribution in [0, 0.1) is 13.8 Å². The summed E-state index contributed by atoms with van der Waals surface area (Å²) in [6.45, 7) is 7.67. The van der Waals surface area contributed by atoms with E-state index in [4.69, 9.17) is 0 Å². The topological polar surface area (TPSA) is 46.9 Å². The highest BCUT2D eigenvalue weighted by Crippen LogP contribution is 2.24. The molecule has 1 aromatic carbocycles. The standard InChI is InChI=1S/C21H21N3O/c1-5-20(25)23-18-11-19-17(13-24(4)21(19)22-12-18)7-6-16-9-14(2)8-15(3)10-16/h5-13H,1H2,2-4H3,(H,23,25)/b7-6+. The number of anilines is 1. The molecule has 0 fully saturated rings. The van der Waals surface area contributed by atoms with Crippen LogP contribution in [0.15, 0.2) is 49.3 Å². The molecule has 1 N–H and O–H groups in total. The molecule has 0 aliphatic heterocycles. The van der Waals surface area contributed by atoms with E-state index in [9.17, 15) is 4.79 Å². The molecule has 0 radical (unpaired) electrons. The number of pyridine rings is 1. The van der Waals surface area contributed by atoms with Crippen molar-refractivity contribution < 1.29 is 4.79 Å². The molecule has 0 atom stereocenters. The van der Waals surface area contributed by atoms with Crippen molar-refractivity contribution >= 4 is 34.8 Å². The molecule has 0 spiro atoms. The van der Waals surface area contributed by atoms with E-state index in [-0.39, 0.29) is 5.91 Å². The summed E-state index contributed by atoms with van der Waals surface area (Å²) >= 11 is 0. The Morgan fingerprint density at radius 1 is 1.16 bits per heavy atom. The minimum Gasteiger partial charge on any atom is -0.335 e. The largest absolute Gasteiger partial charge is 0.335 e. The molecule has 3 aromatic rings. The van der Waals surface area contributed by atoms with E-state index in [1.165, 1.54) is 22.8 Å². The number of rotatable bonds is 4. The Bertz CT molecular complexity index is 976. The first kappa shape index (κ1) is 16.7. The molecule has 0 saturated carbocycles. The summed E-state index contributed by atoms with van der Waals surface area (Å²) in [7, 11) is 1.96. The molecule has 4 nitrogen and oxygen atoms in total. The van der Waals surface area contributed by atoms with Crippen LogP contribution in [0.3, 0.4) is 0 Å². The molecule has 2 heterocycles. The molecule has 25 heavy (non-hydrogen) atoms. The lowest BCUT2D eigenvalue weighted by Gasteiger charge is -2.03. The van der Waals surface area contributed by atoms with Crippen LogP contribution in [0.2, 0.25) is 0 Å². The highest BCUT2D eigenvalue weighted by Gasteiger charge is 2.08. The van der Waals surface area contributed by atoms with Gasteiger partial charge in [0, 0.05) is 24.2 Å². The second-order valence-electron chi connectivity index (χ2n) is 6.24. The number of carbonyl (C=O) groups is 1. The zero-order valence-corrected chi connectivity index (χ0v) is 14.7. The zero-order chi connectivity index (χ0) is 18.0. The fourth-order valence-corrected chi connectivity index (χ4v) is 2.98.